The molecule has 1 aliphatic rings. The maximum absolute atomic E-state index is 12.9. The van der Waals surface area contributed by atoms with Crippen molar-refractivity contribution < 1.29 is 9.53 Å². The van der Waals surface area contributed by atoms with Crippen molar-refractivity contribution in [3.63, 3.8) is 0 Å². The van der Waals surface area contributed by atoms with E-state index in [1.807, 2.05) is 36.4 Å². The molecule has 6 nitrogen and oxygen atoms in total. The number of nitriles is 1. The van der Waals surface area contributed by atoms with Gasteiger partial charge < -0.3 is 15.4 Å². The van der Waals surface area contributed by atoms with Gasteiger partial charge in [-0.1, -0.05) is 42.4 Å². The normalized spacial score (nSPS) is 11.8. The molecular weight excluding hydrogens is 468 g/mol. The Morgan fingerprint density at radius 1 is 1.18 bits per heavy atom. The van der Waals surface area contributed by atoms with E-state index in [2.05, 4.69) is 28.3 Å². The van der Waals surface area contributed by atoms with Crippen LogP contribution in [0.3, 0.4) is 0 Å². The van der Waals surface area contributed by atoms with Gasteiger partial charge >= 0.3 is 0 Å². The number of para-hydroxylation sites is 1. The smallest absolute Gasteiger partial charge is 0.253 e. The summed E-state index contributed by atoms with van der Waals surface area (Å²) in [6.07, 6.45) is 1.73. The lowest BCUT2D eigenvalue weighted by molar-refractivity contribution is 0.0951. The number of aromatic nitrogens is 1. The Hall–Kier alpha value is -4.12. The van der Waals surface area contributed by atoms with Crippen molar-refractivity contribution in [2.24, 2.45) is 0 Å². The number of rotatable bonds is 4. The number of carbonyl (C=O) groups is 1. The van der Waals surface area contributed by atoms with Crippen molar-refractivity contribution in [3.8, 4) is 28.1 Å². The Labute approximate surface area is 205 Å². The van der Waals surface area contributed by atoms with Gasteiger partial charge in [0.2, 0.25) is 0 Å². The largest absolute Gasteiger partial charge is 0.454 e. The van der Waals surface area contributed by atoms with Crippen LogP contribution in [0.15, 0.2) is 73.4 Å². The second kappa shape index (κ2) is 9.02. The molecule has 0 unspecified atom stereocenters. The Bertz CT molecular complexity index is 1470. The molecule has 4 aromatic rings. The van der Waals surface area contributed by atoms with Gasteiger partial charge in [-0.2, -0.15) is 5.26 Å². The van der Waals surface area contributed by atoms with Gasteiger partial charge in [0.1, 0.15) is 10.8 Å². The van der Waals surface area contributed by atoms with E-state index >= 15 is 0 Å². The van der Waals surface area contributed by atoms with Crippen molar-refractivity contribution in [1.29, 1.82) is 5.26 Å². The zero-order valence-electron chi connectivity index (χ0n) is 17.8. The number of anilines is 1. The van der Waals surface area contributed by atoms with Crippen LogP contribution in [0.4, 0.5) is 5.69 Å². The molecule has 2 N–H and O–H groups in total. The summed E-state index contributed by atoms with van der Waals surface area (Å²) in [5.41, 5.74) is 3.95. The quantitative estimate of drug-likeness (QED) is 0.347. The lowest BCUT2D eigenvalue weighted by atomic mass is 10.1. The highest BCUT2D eigenvalue weighted by atomic mass is 35.5. The summed E-state index contributed by atoms with van der Waals surface area (Å²) in [4.78, 5) is 18.2. The first kappa shape index (κ1) is 21.7. The summed E-state index contributed by atoms with van der Waals surface area (Å²) in [6.45, 7) is 4.39. The van der Waals surface area contributed by atoms with Crippen molar-refractivity contribution >= 4 is 40.2 Å². The zero-order valence-corrected chi connectivity index (χ0v) is 19.3. The number of carbonyl (C=O) groups excluding carboxylic acids is 1. The highest BCUT2D eigenvalue weighted by Gasteiger charge is 2.21. The molecule has 0 bridgehead atoms. The molecule has 1 aliphatic heterocycles. The molecule has 166 valence electrons. The lowest BCUT2D eigenvalue weighted by Crippen LogP contribution is -2.22. The van der Waals surface area contributed by atoms with Gasteiger partial charge in [0, 0.05) is 34.0 Å². The van der Waals surface area contributed by atoms with E-state index in [-0.39, 0.29) is 10.9 Å². The molecule has 0 fully saturated rings. The maximum atomic E-state index is 12.9. The molecule has 0 spiro atoms. The molecule has 0 saturated carbocycles. The van der Waals surface area contributed by atoms with Crippen LogP contribution in [0.25, 0.3) is 16.3 Å². The summed E-state index contributed by atoms with van der Waals surface area (Å²) >= 11 is 7.91. The fourth-order valence-corrected chi connectivity index (χ4v) is 4.63. The minimum Gasteiger partial charge on any atom is -0.454 e. The summed E-state index contributed by atoms with van der Waals surface area (Å²) < 4.78 is 6.01. The van der Waals surface area contributed by atoms with E-state index in [1.165, 1.54) is 11.3 Å². The number of amides is 1. The number of hydrogen-bond acceptors (Lipinski definition) is 6. The first-order valence-corrected chi connectivity index (χ1v) is 11.5. The molecule has 8 heteroatoms. The van der Waals surface area contributed by atoms with Gasteiger partial charge in [0.15, 0.2) is 5.75 Å². The molecule has 0 aliphatic carbocycles. The third kappa shape index (κ3) is 4.25. The van der Waals surface area contributed by atoms with Crippen molar-refractivity contribution in [2.75, 3.05) is 5.32 Å². The predicted molar refractivity (Wildman–Crippen MR) is 134 cm³/mol. The van der Waals surface area contributed by atoms with Crippen LogP contribution in [0.5, 0.6) is 11.5 Å². The first-order chi connectivity index (χ1) is 16.5. The maximum Gasteiger partial charge on any atom is 0.253 e. The van der Waals surface area contributed by atoms with Crippen LogP contribution < -0.4 is 15.4 Å². The van der Waals surface area contributed by atoms with Gasteiger partial charge in [-0.25, -0.2) is 4.98 Å². The number of fused-ring (bicyclic) bond motifs is 2. The Morgan fingerprint density at radius 2 is 1.97 bits per heavy atom. The average Bonchev–Trinajstić information content (AvgIpc) is 3.28. The number of nitrogens with zero attached hydrogens (tertiary/aromatic N) is 2. The van der Waals surface area contributed by atoms with Crippen molar-refractivity contribution in [2.45, 2.75) is 6.54 Å². The molecule has 0 saturated heterocycles. The Balaban J connectivity index is 1.31. The standard InChI is InChI=1S/C26H17ClN4O2S/c1-15-19-4-2-3-5-23(19)33-24-11-21(27)20(10-22(24)31-15)25(32)29-13-18-14-30-26(34-18)17-8-6-16(12-28)7-9-17/h2-11,14,31H,1,13H2,(H,29,32). The zero-order chi connectivity index (χ0) is 23.7. The molecular formula is C26H17ClN4O2S. The van der Waals surface area contributed by atoms with Crippen molar-refractivity contribution in [1.82, 2.24) is 10.3 Å². The molecule has 1 amide bonds. The molecule has 0 atom stereocenters. The molecule has 2 heterocycles. The Morgan fingerprint density at radius 3 is 2.76 bits per heavy atom. The molecule has 34 heavy (non-hydrogen) atoms. The summed E-state index contributed by atoms with van der Waals surface area (Å²) in [5.74, 6) is 0.868. The van der Waals surface area contributed by atoms with Gasteiger partial charge in [0.25, 0.3) is 5.91 Å². The van der Waals surface area contributed by atoms with E-state index in [1.54, 1.807) is 30.5 Å². The number of ether oxygens (including phenoxy) is 1. The second-order valence-corrected chi connectivity index (χ2v) is 9.06. The topological polar surface area (TPSA) is 87.0 Å². The summed E-state index contributed by atoms with van der Waals surface area (Å²) in [7, 11) is 0. The van der Waals surface area contributed by atoms with E-state index in [4.69, 9.17) is 21.6 Å². The third-order valence-corrected chi connectivity index (χ3v) is 6.63. The average molecular weight is 485 g/mol. The van der Waals surface area contributed by atoms with Crippen LogP contribution in [-0.2, 0) is 6.54 Å². The molecule has 0 radical (unpaired) electrons. The van der Waals surface area contributed by atoms with Crippen LogP contribution in [0, 0.1) is 11.3 Å². The number of halogens is 1. The minimum absolute atomic E-state index is 0.283. The van der Waals surface area contributed by atoms with E-state index in [9.17, 15) is 4.79 Å². The van der Waals surface area contributed by atoms with E-state index in [0.717, 1.165) is 21.0 Å². The third-order valence-electron chi connectivity index (χ3n) is 5.27. The number of nitrogens with one attached hydrogen (secondary N) is 2. The summed E-state index contributed by atoms with van der Waals surface area (Å²) in [6, 6.07) is 20.2. The van der Waals surface area contributed by atoms with Gasteiger partial charge in [-0.3, -0.25) is 4.79 Å². The lowest BCUT2D eigenvalue weighted by Gasteiger charge is -2.12. The van der Waals surface area contributed by atoms with Crippen LogP contribution in [-0.4, -0.2) is 10.9 Å². The second-order valence-electron chi connectivity index (χ2n) is 7.53. The molecule has 5 rings (SSSR count). The molecule has 1 aromatic heterocycles. The van der Waals surface area contributed by atoms with Crippen LogP contribution in [0.1, 0.15) is 26.4 Å². The first-order valence-electron chi connectivity index (χ1n) is 10.3. The van der Waals surface area contributed by atoms with Crippen LogP contribution >= 0.6 is 22.9 Å². The van der Waals surface area contributed by atoms with Crippen LogP contribution in [0.2, 0.25) is 5.02 Å². The number of thiazole rings is 1. The minimum atomic E-state index is -0.310. The fraction of sp³-hybridized carbons (Fsp3) is 0.0385. The fourth-order valence-electron chi connectivity index (χ4n) is 3.54. The Kier molecular flexibility index (Phi) is 5.76. The van der Waals surface area contributed by atoms with Gasteiger partial charge in [-0.15, -0.1) is 11.3 Å². The SMILES string of the molecule is C=C1Nc2cc(C(=O)NCc3cnc(-c4ccc(C#N)cc4)s3)c(Cl)cc2Oc2ccccc21. The van der Waals surface area contributed by atoms with E-state index < -0.39 is 0 Å². The predicted octanol–water partition coefficient (Wildman–Crippen LogP) is 6.45. The van der Waals surface area contributed by atoms with Crippen molar-refractivity contribution in [3.05, 3.63) is 100 Å². The summed E-state index contributed by atoms with van der Waals surface area (Å²) in [5, 5.41) is 16.2. The van der Waals surface area contributed by atoms with Gasteiger partial charge in [0.05, 0.1) is 34.5 Å². The van der Waals surface area contributed by atoms with E-state index in [0.29, 0.717) is 40.6 Å². The highest BCUT2D eigenvalue weighted by molar-refractivity contribution is 7.15. The number of hydrogen-bond donors (Lipinski definition) is 2. The monoisotopic (exact) mass is 484 g/mol. The molecule has 3 aromatic carbocycles. The number of benzene rings is 3. The van der Waals surface area contributed by atoms with Gasteiger partial charge in [-0.05, 0) is 30.3 Å². The highest BCUT2D eigenvalue weighted by Crippen LogP contribution is 2.41.